The van der Waals surface area contributed by atoms with Crippen molar-refractivity contribution in [2.45, 2.75) is 20.3 Å². The van der Waals surface area contributed by atoms with Crippen LogP contribution in [0.1, 0.15) is 20.3 Å². The Morgan fingerprint density at radius 1 is 1.80 bits per heavy atom. The van der Waals surface area contributed by atoms with Gasteiger partial charge in [0.1, 0.15) is 0 Å². The fourth-order valence-electron chi connectivity index (χ4n) is 0.492. The topological polar surface area (TPSA) is 78.9 Å². The predicted molar refractivity (Wildman–Crippen MR) is 36.3 cm³/mol. The average Bonchev–Trinajstić information content (AvgIpc) is 1.87. The first kappa shape index (κ1) is 8.92. The van der Waals surface area contributed by atoms with Crippen LogP contribution in [0.2, 0.25) is 0 Å². The van der Waals surface area contributed by atoms with Crippen LogP contribution in [0.4, 0.5) is 0 Å². The molecule has 0 saturated carbocycles. The molecule has 0 fully saturated rings. The summed E-state index contributed by atoms with van der Waals surface area (Å²) in [5, 5.41) is 8.47. The van der Waals surface area contributed by atoms with Gasteiger partial charge in [-0.2, -0.15) is 5.26 Å². The number of carbonyl (C=O) groups is 1. The number of amides is 1. The Kier molecular flexibility index (Phi) is 2.84. The van der Waals surface area contributed by atoms with Crippen LogP contribution in [0.5, 0.6) is 0 Å². The Hall–Kier alpha value is -1.08. The van der Waals surface area contributed by atoms with E-state index in [1.165, 1.54) is 0 Å². The van der Waals surface area contributed by atoms with Gasteiger partial charge >= 0.3 is 0 Å². The number of nitrogens with one attached hydrogen (secondary N) is 1. The van der Waals surface area contributed by atoms with Crippen molar-refractivity contribution in [3.63, 3.8) is 0 Å². The summed E-state index contributed by atoms with van der Waals surface area (Å²) in [6, 6.07) is 1.99. The van der Waals surface area contributed by atoms with Crippen molar-refractivity contribution >= 4 is 5.91 Å². The monoisotopic (exact) mass is 141 g/mol. The van der Waals surface area contributed by atoms with Gasteiger partial charge in [-0.05, 0) is 13.8 Å². The number of hydrogen-bond donors (Lipinski definition) is 2. The average molecular weight is 141 g/mol. The molecule has 0 bridgehead atoms. The molecular formula is C6H11N3O. The first-order valence-electron chi connectivity index (χ1n) is 2.92. The van der Waals surface area contributed by atoms with E-state index in [0.29, 0.717) is 0 Å². The van der Waals surface area contributed by atoms with Crippen LogP contribution >= 0.6 is 0 Å². The molecule has 4 heteroatoms. The number of nitriles is 1. The number of nitrogens with two attached hydrogens (primary N) is 1. The van der Waals surface area contributed by atoms with Gasteiger partial charge in [0, 0.05) is 6.42 Å². The second-order valence-electron chi connectivity index (χ2n) is 2.74. The lowest BCUT2D eigenvalue weighted by molar-refractivity contribution is -0.122. The molecule has 0 aliphatic carbocycles. The quantitative estimate of drug-likeness (QED) is 0.320. The lowest BCUT2D eigenvalue weighted by Gasteiger charge is -2.12. The molecule has 0 aliphatic heterocycles. The molecule has 0 aromatic heterocycles. The first-order chi connectivity index (χ1) is 4.52. The van der Waals surface area contributed by atoms with Gasteiger partial charge in [-0.15, -0.1) is 0 Å². The van der Waals surface area contributed by atoms with Gasteiger partial charge in [0.15, 0.2) is 0 Å². The van der Waals surface area contributed by atoms with Gasteiger partial charge in [0.25, 0.3) is 0 Å². The molecule has 0 rings (SSSR count). The molecule has 4 nitrogen and oxygen atoms in total. The maximum Gasteiger partial charge on any atom is 0.235 e. The summed E-state index contributed by atoms with van der Waals surface area (Å²) in [7, 11) is 0. The minimum absolute atomic E-state index is 0.139. The molecule has 1 amide bonds. The molecule has 0 spiro atoms. The second kappa shape index (κ2) is 3.18. The van der Waals surface area contributed by atoms with E-state index in [4.69, 9.17) is 11.1 Å². The lowest BCUT2D eigenvalue weighted by Crippen LogP contribution is -2.33. The fourth-order valence-corrected chi connectivity index (χ4v) is 0.492. The van der Waals surface area contributed by atoms with Crippen molar-refractivity contribution in [3.8, 4) is 6.07 Å². The zero-order chi connectivity index (χ0) is 8.20. The Labute approximate surface area is 60.0 Å². The highest BCUT2D eigenvalue weighted by Gasteiger charge is 2.20. The molecule has 0 aromatic rings. The number of rotatable bonds is 2. The van der Waals surface area contributed by atoms with E-state index in [0.717, 1.165) is 0 Å². The van der Waals surface area contributed by atoms with Gasteiger partial charge in [0.2, 0.25) is 5.91 Å². The number of hydrogen-bond acceptors (Lipinski definition) is 3. The van der Waals surface area contributed by atoms with Crippen LogP contribution in [0.15, 0.2) is 0 Å². The molecule has 3 N–H and O–H groups in total. The van der Waals surface area contributed by atoms with Crippen molar-refractivity contribution < 1.29 is 4.79 Å². The van der Waals surface area contributed by atoms with E-state index < -0.39 is 5.41 Å². The van der Waals surface area contributed by atoms with Crippen LogP contribution in [0.3, 0.4) is 0 Å². The maximum atomic E-state index is 10.6. The van der Waals surface area contributed by atoms with E-state index in [1.54, 1.807) is 13.8 Å². The van der Waals surface area contributed by atoms with Crippen molar-refractivity contribution in [2.24, 2.45) is 11.3 Å². The summed E-state index contributed by atoms with van der Waals surface area (Å²) in [5.74, 6) is 4.51. The molecule has 0 unspecified atom stereocenters. The fraction of sp³-hybridized carbons (Fsp3) is 0.667. The number of carbonyl (C=O) groups excluding carboxylic acids is 1. The van der Waals surface area contributed by atoms with E-state index in [2.05, 4.69) is 0 Å². The third-order valence-corrected chi connectivity index (χ3v) is 1.07. The van der Waals surface area contributed by atoms with Crippen LogP contribution in [0, 0.1) is 16.7 Å². The lowest BCUT2D eigenvalue weighted by atomic mass is 9.91. The van der Waals surface area contributed by atoms with Crippen molar-refractivity contribution in [1.82, 2.24) is 5.43 Å². The summed E-state index contributed by atoms with van der Waals surface area (Å²) in [4.78, 5) is 10.6. The minimum Gasteiger partial charge on any atom is -0.294 e. The maximum absolute atomic E-state index is 10.6. The molecular weight excluding hydrogens is 130 g/mol. The van der Waals surface area contributed by atoms with Crippen LogP contribution in [-0.4, -0.2) is 5.91 Å². The highest BCUT2D eigenvalue weighted by atomic mass is 16.2. The van der Waals surface area contributed by atoms with Gasteiger partial charge in [-0.3, -0.25) is 10.2 Å². The third kappa shape index (κ3) is 3.05. The third-order valence-electron chi connectivity index (χ3n) is 1.07. The largest absolute Gasteiger partial charge is 0.294 e. The summed E-state index contributed by atoms with van der Waals surface area (Å²) in [5.41, 5.74) is 1.34. The molecule has 0 heterocycles. The van der Waals surface area contributed by atoms with Gasteiger partial charge < -0.3 is 0 Å². The number of hydrazine groups is 1. The predicted octanol–water partition coefficient (Wildman–Crippen LogP) is -0.0838. The molecule has 0 saturated heterocycles. The Morgan fingerprint density at radius 2 is 2.30 bits per heavy atom. The minimum atomic E-state index is -0.622. The molecule has 56 valence electrons. The number of nitrogens with zero attached hydrogens (tertiary/aromatic N) is 1. The van der Waals surface area contributed by atoms with Crippen molar-refractivity contribution in [1.29, 1.82) is 5.26 Å². The molecule has 0 aliphatic rings. The summed E-state index contributed by atoms with van der Waals surface area (Å²) >= 11 is 0. The van der Waals surface area contributed by atoms with Gasteiger partial charge in [-0.1, -0.05) is 0 Å². The molecule has 0 atom stereocenters. The highest BCUT2D eigenvalue weighted by Crippen LogP contribution is 2.17. The smallest absolute Gasteiger partial charge is 0.235 e. The van der Waals surface area contributed by atoms with E-state index in [1.807, 2.05) is 11.5 Å². The second-order valence-corrected chi connectivity index (χ2v) is 2.74. The highest BCUT2D eigenvalue weighted by molar-refractivity contribution is 5.76. The van der Waals surface area contributed by atoms with E-state index in [-0.39, 0.29) is 12.3 Å². The normalized spacial score (nSPS) is 10.2. The van der Waals surface area contributed by atoms with Crippen LogP contribution < -0.4 is 11.3 Å². The summed E-state index contributed by atoms with van der Waals surface area (Å²) < 4.78 is 0. The molecule has 10 heavy (non-hydrogen) atoms. The Balaban J connectivity index is 3.92. The summed E-state index contributed by atoms with van der Waals surface area (Å²) in [6.45, 7) is 3.37. The van der Waals surface area contributed by atoms with Gasteiger partial charge in [-0.25, -0.2) is 5.84 Å². The molecule has 0 aromatic carbocycles. The zero-order valence-electron chi connectivity index (χ0n) is 6.14. The standard InChI is InChI=1S/C6H11N3O/c1-6(2,4-7)3-5(10)9-8/h3,8H2,1-2H3,(H,9,10). The first-order valence-corrected chi connectivity index (χ1v) is 2.92. The SMILES string of the molecule is CC(C)(C#N)CC(=O)NN. The van der Waals surface area contributed by atoms with E-state index in [9.17, 15) is 4.79 Å². The van der Waals surface area contributed by atoms with Gasteiger partial charge in [0.05, 0.1) is 11.5 Å². The van der Waals surface area contributed by atoms with E-state index >= 15 is 0 Å². The van der Waals surface area contributed by atoms with Crippen LogP contribution in [0.25, 0.3) is 0 Å². The Morgan fingerprint density at radius 3 is 2.60 bits per heavy atom. The van der Waals surface area contributed by atoms with Crippen molar-refractivity contribution in [2.75, 3.05) is 0 Å². The Bertz CT molecular complexity index is 168. The zero-order valence-corrected chi connectivity index (χ0v) is 6.14. The molecule has 0 radical (unpaired) electrons. The van der Waals surface area contributed by atoms with Crippen LogP contribution in [-0.2, 0) is 4.79 Å². The van der Waals surface area contributed by atoms with Crippen molar-refractivity contribution in [3.05, 3.63) is 0 Å². The summed E-state index contributed by atoms with van der Waals surface area (Å²) in [6.07, 6.45) is 0.139.